The smallest absolute Gasteiger partial charge is 0.323 e. The van der Waals surface area contributed by atoms with Crippen molar-refractivity contribution in [1.82, 2.24) is 10.2 Å². The van der Waals surface area contributed by atoms with E-state index in [9.17, 15) is 25.0 Å². The maximum absolute atomic E-state index is 12.8. The number of amides is 3. The average Bonchev–Trinajstić information content (AvgIpc) is 3.54. The van der Waals surface area contributed by atoms with Crippen molar-refractivity contribution in [3.63, 3.8) is 0 Å². The van der Waals surface area contributed by atoms with E-state index in [0.29, 0.717) is 30.8 Å². The summed E-state index contributed by atoms with van der Waals surface area (Å²) in [6.45, 7) is 0.839. The molecule has 3 atom stereocenters. The molecule has 37 heavy (non-hydrogen) atoms. The summed E-state index contributed by atoms with van der Waals surface area (Å²) in [5, 5.41) is 28.9. The normalized spacial score (nSPS) is 20.8. The van der Waals surface area contributed by atoms with Gasteiger partial charge in [0.05, 0.1) is 32.8 Å². The lowest BCUT2D eigenvalue weighted by Gasteiger charge is -2.24. The Morgan fingerprint density at radius 1 is 1.16 bits per heavy atom. The first-order valence-corrected chi connectivity index (χ1v) is 12.4. The van der Waals surface area contributed by atoms with Crippen molar-refractivity contribution in [2.24, 2.45) is 0 Å². The van der Waals surface area contributed by atoms with E-state index in [2.05, 4.69) is 22.0 Å². The molecule has 0 aliphatic carbocycles. The number of nitrogens with one attached hydrogen (secondary N) is 3. The van der Waals surface area contributed by atoms with Crippen molar-refractivity contribution in [3.8, 4) is 11.8 Å². The number of rotatable bonds is 7. The molecule has 2 aliphatic rings. The van der Waals surface area contributed by atoms with Crippen LogP contribution in [0.1, 0.15) is 25.7 Å². The summed E-state index contributed by atoms with van der Waals surface area (Å²) < 4.78 is 5.88. The van der Waals surface area contributed by atoms with Crippen LogP contribution in [0.2, 0.25) is 10.0 Å². The van der Waals surface area contributed by atoms with Gasteiger partial charge in [-0.05, 0) is 43.9 Å². The van der Waals surface area contributed by atoms with E-state index in [1.165, 1.54) is 36.4 Å². The average molecular weight is 547 g/mol. The van der Waals surface area contributed by atoms with Crippen LogP contribution in [0.3, 0.4) is 0 Å². The van der Waals surface area contributed by atoms with Crippen LogP contribution in [0.4, 0.5) is 21.9 Å². The van der Waals surface area contributed by atoms with Crippen molar-refractivity contribution in [2.75, 3.05) is 23.8 Å². The molecule has 0 radical (unpaired) electrons. The number of carbonyl (C=O) groups excluding carboxylic acids is 2. The molecule has 0 bridgehead atoms. The second-order valence-corrected chi connectivity index (χ2v) is 9.58. The molecule has 2 aromatic carbocycles. The van der Waals surface area contributed by atoms with Crippen LogP contribution in [0, 0.1) is 21.4 Å². The largest absolute Gasteiger partial charge is 0.490 e. The van der Waals surface area contributed by atoms with Gasteiger partial charge in [-0.25, -0.2) is 4.79 Å². The molecule has 13 heteroatoms. The Morgan fingerprint density at radius 3 is 2.62 bits per heavy atom. The molecule has 0 saturated carbocycles. The maximum atomic E-state index is 12.8. The number of nitro groups is 1. The Kier molecular flexibility index (Phi) is 8.33. The van der Waals surface area contributed by atoms with Crippen LogP contribution >= 0.6 is 23.2 Å². The Balaban J connectivity index is 1.32. The molecular weight excluding hydrogens is 523 g/mol. The third-order valence-corrected chi connectivity index (χ3v) is 6.88. The lowest BCUT2D eigenvalue weighted by Crippen LogP contribution is -2.47. The molecule has 3 amide bonds. The number of anilines is 2. The number of non-ortho nitro benzene ring substituents is 1. The van der Waals surface area contributed by atoms with Crippen molar-refractivity contribution >= 4 is 52.2 Å². The summed E-state index contributed by atoms with van der Waals surface area (Å²) >= 11 is 12.5. The van der Waals surface area contributed by atoms with Gasteiger partial charge in [-0.2, -0.15) is 5.26 Å². The number of urea groups is 1. The number of hydrogen-bond donors (Lipinski definition) is 3. The second kappa shape index (κ2) is 11.6. The third kappa shape index (κ3) is 6.40. The number of benzene rings is 2. The van der Waals surface area contributed by atoms with Crippen LogP contribution in [-0.2, 0) is 4.79 Å². The number of nitrogens with zero attached hydrogens (tertiary/aromatic N) is 3. The highest BCUT2D eigenvalue weighted by molar-refractivity contribution is 6.37. The number of carbonyl (C=O) groups is 2. The highest BCUT2D eigenvalue weighted by Crippen LogP contribution is 2.35. The molecular formula is C24H24Cl2N6O5. The monoisotopic (exact) mass is 546 g/mol. The first-order valence-electron chi connectivity index (χ1n) is 11.7. The second-order valence-electron chi connectivity index (χ2n) is 8.77. The van der Waals surface area contributed by atoms with Crippen molar-refractivity contribution < 1.29 is 19.2 Å². The Labute approximate surface area is 222 Å². The molecule has 2 saturated heterocycles. The molecule has 2 fully saturated rings. The van der Waals surface area contributed by atoms with E-state index < -0.39 is 11.0 Å². The first-order chi connectivity index (χ1) is 17.7. The van der Waals surface area contributed by atoms with E-state index >= 15 is 0 Å². The Hall–Kier alpha value is -3.59. The molecule has 194 valence electrons. The Bertz CT molecular complexity index is 1240. The number of likely N-dealkylation sites (tertiary alicyclic amines) is 1. The first kappa shape index (κ1) is 26.5. The summed E-state index contributed by atoms with van der Waals surface area (Å²) in [5.74, 6) is 0.249. The minimum absolute atomic E-state index is 0.0541. The van der Waals surface area contributed by atoms with Crippen LogP contribution in [0.5, 0.6) is 5.75 Å². The van der Waals surface area contributed by atoms with Crippen LogP contribution < -0.4 is 20.7 Å². The van der Waals surface area contributed by atoms with Crippen molar-refractivity contribution in [2.45, 2.75) is 43.8 Å². The fourth-order valence-electron chi connectivity index (χ4n) is 4.39. The summed E-state index contributed by atoms with van der Waals surface area (Å²) in [6, 6.07) is 9.09. The quantitative estimate of drug-likeness (QED) is 0.340. The highest BCUT2D eigenvalue weighted by atomic mass is 35.5. The molecule has 2 aromatic rings. The SMILES string of the molecule is N#C[C@@H]1CCCN1C(=O)[C@@H]1CC[C@H](COc2cc(NC(=O)Nc3ccc([N+](=O)[O-])cc3)c(Cl)cc2Cl)N1. The van der Waals surface area contributed by atoms with E-state index in [0.717, 1.165) is 12.8 Å². The van der Waals surface area contributed by atoms with Gasteiger partial charge >= 0.3 is 6.03 Å². The van der Waals surface area contributed by atoms with Crippen molar-refractivity contribution in [3.05, 3.63) is 56.6 Å². The molecule has 0 spiro atoms. The predicted molar refractivity (Wildman–Crippen MR) is 138 cm³/mol. The van der Waals surface area contributed by atoms with Gasteiger partial charge < -0.3 is 20.3 Å². The number of nitriles is 1. The van der Waals surface area contributed by atoms with Gasteiger partial charge in [0.15, 0.2) is 0 Å². The fourth-order valence-corrected chi connectivity index (χ4v) is 4.87. The van der Waals surface area contributed by atoms with Gasteiger partial charge in [-0.15, -0.1) is 0 Å². The number of nitro benzene ring substituents is 1. The molecule has 2 aliphatic heterocycles. The predicted octanol–water partition coefficient (Wildman–Crippen LogP) is 4.56. The molecule has 11 nitrogen and oxygen atoms in total. The minimum Gasteiger partial charge on any atom is -0.490 e. The number of ether oxygens (including phenoxy) is 1. The molecule has 2 heterocycles. The highest BCUT2D eigenvalue weighted by Gasteiger charge is 2.37. The summed E-state index contributed by atoms with van der Waals surface area (Å²) in [7, 11) is 0. The maximum Gasteiger partial charge on any atom is 0.323 e. The van der Waals surface area contributed by atoms with Crippen LogP contribution in [-0.4, -0.2) is 53.0 Å². The van der Waals surface area contributed by atoms with Gasteiger partial charge in [0.25, 0.3) is 5.69 Å². The zero-order chi connectivity index (χ0) is 26.5. The van der Waals surface area contributed by atoms with E-state index in [1.54, 1.807) is 4.90 Å². The van der Waals surface area contributed by atoms with E-state index in [1.807, 2.05) is 0 Å². The topological polar surface area (TPSA) is 150 Å². The van der Waals surface area contributed by atoms with Gasteiger partial charge in [0.2, 0.25) is 5.91 Å². The molecule has 0 unspecified atom stereocenters. The third-order valence-electron chi connectivity index (χ3n) is 6.27. The summed E-state index contributed by atoms with van der Waals surface area (Å²) in [4.78, 5) is 37.1. The lowest BCUT2D eigenvalue weighted by atomic mass is 10.1. The van der Waals surface area contributed by atoms with E-state index in [4.69, 9.17) is 27.9 Å². The van der Waals surface area contributed by atoms with Gasteiger partial charge in [0, 0.05) is 36.5 Å². The van der Waals surface area contributed by atoms with Gasteiger partial charge in [-0.3, -0.25) is 20.2 Å². The number of hydrogen-bond acceptors (Lipinski definition) is 7. The summed E-state index contributed by atoms with van der Waals surface area (Å²) in [6.07, 6.45) is 2.90. The van der Waals surface area contributed by atoms with Crippen LogP contribution in [0.25, 0.3) is 0 Å². The number of halogens is 2. The summed E-state index contributed by atoms with van der Waals surface area (Å²) in [5.41, 5.74) is 0.518. The zero-order valence-electron chi connectivity index (χ0n) is 19.6. The standard InChI is InChI=1S/C24H24Cl2N6O5/c25-18-10-19(26)22(11-21(18)30-24(34)29-14-3-6-16(7-4-14)32(35)36)37-13-15-5-8-20(28-15)23(33)31-9-1-2-17(31)12-27/h3-4,6-7,10-11,15,17,20,28H,1-2,5,8-9,13H2,(H2,29,30,34)/t15-,17+,20+/m1/s1. The zero-order valence-corrected chi connectivity index (χ0v) is 21.1. The molecule has 4 rings (SSSR count). The molecule has 0 aromatic heterocycles. The molecule has 3 N–H and O–H groups in total. The van der Waals surface area contributed by atoms with E-state index in [-0.39, 0.29) is 52.1 Å². The van der Waals surface area contributed by atoms with Gasteiger partial charge in [-0.1, -0.05) is 23.2 Å². The van der Waals surface area contributed by atoms with Gasteiger partial charge in [0.1, 0.15) is 18.4 Å². The minimum atomic E-state index is -0.611. The van der Waals surface area contributed by atoms with Crippen LogP contribution in [0.15, 0.2) is 36.4 Å². The Morgan fingerprint density at radius 2 is 1.92 bits per heavy atom. The van der Waals surface area contributed by atoms with Crippen molar-refractivity contribution in [1.29, 1.82) is 5.26 Å². The lowest BCUT2D eigenvalue weighted by molar-refractivity contribution is -0.384. The fraction of sp³-hybridized carbons (Fsp3) is 0.375.